The van der Waals surface area contributed by atoms with Gasteiger partial charge in [0.15, 0.2) is 0 Å². The number of rotatable bonds is 9. The Labute approximate surface area is 147 Å². The molecule has 1 aliphatic rings. The summed E-state index contributed by atoms with van der Waals surface area (Å²) < 4.78 is 0. The molecule has 3 nitrogen and oxygen atoms in total. The van der Waals surface area contributed by atoms with Crippen molar-refractivity contribution < 1.29 is 0 Å². The van der Waals surface area contributed by atoms with Gasteiger partial charge in [-0.05, 0) is 38.0 Å². The maximum Gasteiger partial charge on any atom is 0.128 e. The Morgan fingerprint density at radius 3 is 2.29 bits per heavy atom. The molecule has 0 aromatic carbocycles. The molecule has 1 heterocycles. The standard InChI is InChI=1S/C21H33N3/c1-3-5-7-8-10-20-23-15-19(16-24-20)21(17-22)13-11-18(12-14-21)9-6-4-2/h15-16,18H,3-14H2,1-2H3. The molecule has 24 heavy (non-hydrogen) atoms. The fourth-order valence-corrected chi connectivity index (χ4v) is 3.86. The van der Waals surface area contributed by atoms with Crippen LogP contribution in [0.4, 0.5) is 0 Å². The molecule has 0 saturated heterocycles. The Balaban J connectivity index is 1.92. The lowest BCUT2D eigenvalue weighted by Crippen LogP contribution is -2.30. The first-order chi connectivity index (χ1) is 11.7. The summed E-state index contributed by atoms with van der Waals surface area (Å²) in [6, 6.07) is 2.61. The summed E-state index contributed by atoms with van der Waals surface area (Å²) in [6.45, 7) is 4.48. The minimum Gasteiger partial charge on any atom is -0.241 e. The highest BCUT2D eigenvalue weighted by Crippen LogP contribution is 2.42. The van der Waals surface area contributed by atoms with Crippen LogP contribution < -0.4 is 0 Å². The molecule has 1 aliphatic carbocycles. The van der Waals surface area contributed by atoms with Gasteiger partial charge >= 0.3 is 0 Å². The molecule has 0 aliphatic heterocycles. The van der Waals surface area contributed by atoms with Gasteiger partial charge in [-0.25, -0.2) is 9.97 Å². The van der Waals surface area contributed by atoms with Crippen LogP contribution in [0, 0.1) is 17.2 Å². The van der Waals surface area contributed by atoms with Crippen molar-refractivity contribution in [2.45, 2.75) is 96.3 Å². The van der Waals surface area contributed by atoms with Crippen molar-refractivity contribution in [1.29, 1.82) is 5.26 Å². The van der Waals surface area contributed by atoms with E-state index in [4.69, 9.17) is 0 Å². The quantitative estimate of drug-likeness (QED) is 0.543. The number of unbranched alkanes of at least 4 members (excludes halogenated alkanes) is 4. The Bertz CT molecular complexity index is 507. The third-order valence-corrected chi connectivity index (χ3v) is 5.65. The smallest absolute Gasteiger partial charge is 0.128 e. The normalized spacial score (nSPS) is 23.8. The molecular weight excluding hydrogens is 294 g/mol. The van der Waals surface area contributed by atoms with Gasteiger partial charge < -0.3 is 0 Å². The van der Waals surface area contributed by atoms with Gasteiger partial charge in [-0.15, -0.1) is 0 Å². The highest BCUT2D eigenvalue weighted by molar-refractivity contribution is 5.29. The largest absolute Gasteiger partial charge is 0.241 e. The predicted octanol–water partition coefficient (Wildman–Crippen LogP) is 5.74. The number of aromatic nitrogens is 2. The van der Waals surface area contributed by atoms with Crippen molar-refractivity contribution in [1.82, 2.24) is 9.97 Å². The molecule has 0 spiro atoms. The highest BCUT2D eigenvalue weighted by atomic mass is 14.9. The van der Waals surface area contributed by atoms with Crippen molar-refractivity contribution in [2.75, 3.05) is 0 Å². The van der Waals surface area contributed by atoms with Crippen molar-refractivity contribution in [2.24, 2.45) is 5.92 Å². The zero-order valence-corrected chi connectivity index (χ0v) is 15.6. The lowest BCUT2D eigenvalue weighted by Gasteiger charge is -2.35. The van der Waals surface area contributed by atoms with Crippen LogP contribution in [0.15, 0.2) is 12.4 Å². The third-order valence-electron chi connectivity index (χ3n) is 5.65. The number of nitriles is 1. The number of hydrogen-bond acceptors (Lipinski definition) is 3. The fraction of sp³-hybridized carbons (Fsp3) is 0.762. The molecule has 0 N–H and O–H groups in total. The van der Waals surface area contributed by atoms with E-state index in [9.17, 15) is 5.26 Å². The van der Waals surface area contributed by atoms with Crippen molar-refractivity contribution in [3.05, 3.63) is 23.8 Å². The minimum atomic E-state index is -0.344. The van der Waals surface area contributed by atoms with Crippen molar-refractivity contribution >= 4 is 0 Å². The predicted molar refractivity (Wildman–Crippen MR) is 98.7 cm³/mol. The number of aryl methyl sites for hydroxylation is 1. The molecule has 3 heteroatoms. The second-order valence-electron chi connectivity index (χ2n) is 7.48. The summed E-state index contributed by atoms with van der Waals surface area (Å²) in [5.41, 5.74) is 0.694. The van der Waals surface area contributed by atoms with E-state index >= 15 is 0 Å². The molecule has 0 bridgehead atoms. The van der Waals surface area contributed by atoms with E-state index in [1.807, 2.05) is 12.4 Å². The fourth-order valence-electron chi connectivity index (χ4n) is 3.86. The van der Waals surface area contributed by atoms with Crippen molar-refractivity contribution in [3.63, 3.8) is 0 Å². The average molecular weight is 328 g/mol. The van der Waals surface area contributed by atoms with Crippen LogP contribution in [0.2, 0.25) is 0 Å². The SMILES string of the molecule is CCCCCCc1ncc(C2(C#N)CCC(CCCC)CC2)cn1. The summed E-state index contributed by atoms with van der Waals surface area (Å²) in [5.74, 6) is 1.74. The van der Waals surface area contributed by atoms with Gasteiger partial charge in [0.25, 0.3) is 0 Å². The molecule has 0 radical (unpaired) electrons. The first-order valence-electron chi connectivity index (χ1n) is 9.96. The summed E-state index contributed by atoms with van der Waals surface area (Å²) in [7, 11) is 0. The Morgan fingerprint density at radius 1 is 1.04 bits per heavy atom. The number of hydrogen-bond donors (Lipinski definition) is 0. The number of nitrogens with zero attached hydrogens (tertiary/aromatic N) is 3. The van der Waals surface area contributed by atoms with E-state index in [-0.39, 0.29) is 5.41 Å². The van der Waals surface area contributed by atoms with Crippen LogP contribution in [0.25, 0.3) is 0 Å². The zero-order chi connectivity index (χ0) is 17.3. The van der Waals surface area contributed by atoms with E-state index in [0.717, 1.165) is 43.0 Å². The van der Waals surface area contributed by atoms with Crippen LogP contribution in [0.5, 0.6) is 0 Å². The van der Waals surface area contributed by atoms with Crippen LogP contribution in [0.3, 0.4) is 0 Å². The Hall–Kier alpha value is -1.43. The zero-order valence-electron chi connectivity index (χ0n) is 15.6. The lowest BCUT2D eigenvalue weighted by atomic mass is 9.67. The maximum atomic E-state index is 9.82. The highest BCUT2D eigenvalue weighted by Gasteiger charge is 2.37. The monoisotopic (exact) mass is 327 g/mol. The molecular formula is C21H33N3. The Morgan fingerprint density at radius 2 is 1.71 bits per heavy atom. The van der Waals surface area contributed by atoms with Crippen LogP contribution >= 0.6 is 0 Å². The molecule has 0 amide bonds. The van der Waals surface area contributed by atoms with Gasteiger partial charge in [0.05, 0.1) is 11.5 Å². The average Bonchev–Trinajstić information content (AvgIpc) is 2.64. The second-order valence-corrected chi connectivity index (χ2v) is 7.48. The lowest BCUT2D eigenvalue weighted by molar-refractivity contribution is 0.262. The minimum absolute atomic E-state index is 0.344. The van der Waals surface area contributed by atoms with Gasteiger partial charge in [0.1, 0.15) is 5.82 Å². The van der Waals surface area contributed by atoms with E-state index in [1.54, 1.807) is 0 Å². The molecule has 1 fully saturated rings. The summed E-state index contributed by atoms with van der Waals surface area (Å²) in [4.78, 5) is 9.10. The molecule has 1 saturated carbocycles. The van der Waals surface area contributed by atoms with Crippen LogP contribution in [-0.2, 0) is 11.8 Å². The molecule has 0 atom stereocenters. The van der Waals surface area contributed by atoms with E-state index in [1.165, 1.54) is 51.4 Å². The topological polar surface area (TPSA) is 49.6 Å². The van der Waals surface area contributed by atoms with Crippen LogP contribution in [-0.4, -0.2) is 9.97 Å². The molecule has 132 valence electrons. The van der Waals surface area contributed by atoms with Gasteiger partial charge in [-0.2, -0.15) is 5.26 Å². The summed E-state index contributed by atoms with van der Waals surface area (Å²) >= 11 is 0. The van der Waals surface area contributed by atoms with Gasteiger partial charge in [0, 0.05) is 24.4 Å². The van der Waals surface area contributed by atoms with Gasteiger partial charge in [0.2, 0.25) is 0 Å². The third kappa shape index (κ3) is 5.03. The molecule has 1 aromatic heterocycles. The second kappa shape index (κ2) is 9.77. The molecule has 2 rings (SSSR count). The maximum absolute atomic E-state index is 9.82. The molecule has 0 unspecified atom stereocenters. The Kier molecular flexibility index (Phi) is 7.69. The first kappa shape index (κ1) is 18.9. The van der Waals surface area contributed by atoms with Crippen molar-refractivity contribution in [3.8, 4) is 6.07 Å². The van der Waals surface area contributed by atoms with E-state index in [0.29, 0.717) is 0 Å². The molecule has 1 aromatic rings. The van der Waals surface area contributed by atoms with E-state index in [2.05, 4.69) is 29.9 Å². The summed E-state index contributed by atoms with van der Waals surface area (Å²) in [5, 5.41) is 9.82. The first-order valence-corrected chi connectivity index (χ1v) is 9.96. The summed E-state index contributed by atoms with van der Waals surface area (Å²) in [6.07, 6.45) is 18.0. The van der Waals surface area contributed by atoms with E-state index < -0.39 is 0 Å². The van der Waals surface area contributed by atoms with Gasteiger partial charge in [-0.3, -0.25) is 0 Å². The van der Waals surface area contributed by atoms with Gasteiger partial charge in [-0.1, -0.05) is 52.4 Å². The van der Waals surface area contributed by atoms with Crippen LogP contribution in [0.1, 0.15) is 95.9 Å².